The van der Waals surface area contributed by atoms with Crippen LogP contribution in [0.1, 0.15) is 11.7 Å². The molecule has 3 aromatic rings. The number of fused-ring (bicyclic) bond motifs is 1. The molecule has 2 N–H and O–H groups in total. The van der Waals surface area contributed by atoms with Crippen molar-refractivity contribution in [3.8, 4) is 0 Å². The first-order valence-corrected chi connectivity index (χ1v) is 5.35. The summed E-state index contributed by atoms with van der Waals surface area (Å²) in [5.41, 5.74) is 7.92. The molecule has 5 heteroatoms. The van der Waals surface area contributed by atoms with E-state index in [2.05, 4.69) is 9.97 Å². The van der Waals surface area contributed by atoms with Crippen molar-refractivity contribution < 1.29 is 4.42 Å². The number of anilines is 1. The molecular weight excluding hydrogens is 216 g/mol. The predicted octanol–water partition coefficient (Wildman–Crippen LogP) is 1.96. The van der Waals surface area contributed by atoms with Gasteiger partial charge in [0.1, 0.15) is 17.9 Å². The molecule has 0 aliphatic carbocycles. The molecule has 86 valence electrons. The molecule has 0 bridgehead atoms. The predicted molar refractivity (Wildman–Crippen MR) is 64.5 cm³/mol. The number of rotatable bonds is 2. The van der Waals surface area contributed by atoms with Gasteiger partial charge in [0, 0.05) is 24.1 Å². The van der Waals surface area contributed by atoms with Gasteiger partial charge in [-0.05, 0) is 19.1 Å². The van der Waals surface area contributed by atoms with Crippen LogP contribution in [0.2, 0.25) is 0 Å². The Morgan fingerprint density at radius 3 is 3.06 bits per heavy atom. The molecule has 0 radical (unpaired) electrons. The molecule has 0 aliphatic heterocycles. The van der Waals surface area contributed by atoms with E-state index in [4.69, 9.17) is 10.2 Å². The summed E-state index contributed by atoms with van der Waals surface area (Å²) in [4.78, 5) is 8.55. The maximum Gasteiger partial charge on any atom is 0.215 e. The maximum absolute atomic E-state index is 5.69. The van der Waals surface area contributed by atoms with Gasteiger partial charge in [0.05, 0.1) is 0 Å². The molecule has 0 saturated heterocycles. The van der Waals surface area contributed by atoms with Crippen LogP contribution in [0.5, 0.6) is 0 Å². The van der Waals surface area contributed by atoms with E-state index in [0.29, 0.717) is 18.1 Å². The van der Waals surface area contributed by atoms with Gasteiger partial charge in [-0.25, -0.2) is 9.97 Å². The fourth-order valence-electron chi connectivity index (χ4n) is 1.77. The van der Waals surface area contributed by atoms with Gasteiger partial charge in [0.25, 0.3) is 0 Å². The first-order valence-electron chi connectivity index (χ1n) is 5.35. The van der Waals surface area contributed by atoms with Gasteiger partial charge in [0.15, 0.2) is 5.58 Å². The number of benzene rings is 1. The lowest BCUT2D eigenvalue weighted by atomic mass is 10.3. The van der Waals surface area contributed by atoms with Crippen LogP contribution < -0.4 is 5.73 Å². The lowest BCUT2D eigenvalue weighted by Gasteiger charge is -1.99. The zero-order valence-electron chi connectivity index (χ0n) is 9.42. The van der Waals surface area contributed by atoms with Gasteiger partial charge in [-0.15, -0.1) is 0 Å². The Labute approximate surface area is 97.9 Å². The van der Waals surface area contributed by atoms with Gasteiger partial charge in [0.2, 0.25) is 5.89 Å². The summed E-state index contributed by atoms with van der Waals surface area (Å²) >= 11 is 0. The zero-order chi connectivity index (χ0) is 11.8. The minimum atomic E-state index is 0.584. The van der Waals surface area contributed by atoms with Crippen LogP contribution in [0.25, 0.3) is 11.1 Å². The van der Waals surface area contributed by atoms with Crippen LogP contribution in [-0.2, 0) is 6.54 Å². The third-order valence-electron chi connectivity index (χ3n) is 2.69. The molecule has 5 nitrogen and oxygen atoms in total. The number of aryl methyl sites for hydroxylation is 1. The van der Waals surface area contributed by atoms with Crippen molar-refractivity contribution >= 4 is 16.8 Å². The van der Waals surface area contributed by atoms with Crippen LogP contribution in [0.4, 0.5) is 5.69 Å². The summed E-state index contributed by atoms with van der Waals surface area (Å²) in [5, 5.41) is 0. The van der Waals surface area contributed by atoms with Crippen molar-refractivity contribution in [1.29, 1.82) is 0 Å². The second-order valence-electron chi connectivity index (χ2n) is 3.94. The highest BCUT2D eigenvalue weighted by atomic mass is 16.3. The van der Waals surface area contributed by atoms with E-state index in [9.17, 15) is 0 Å². The highest BCUT2D eigenvalue weighted by molar-refractivity contribution is 5.76. The fraction of sp³-hybridized carbons (Fsp3) is 0.167. The molecule has 3 rings (SSSR count). The topological polar surface area (TPSA) is 69.9 Å². The number of hydrogen-bond acceptors (Lipinski definition) is 4. The van der Waals surface area contributed by atoms with Crippen LogP contribution >= 0.6 is 0 Å². The Hall–Kier alpha value is -2.30. The molecule has 0 unspecified atom stereocenters. The number of nitrogens with zero attached hydrogens (tertiary/aromatic N) is 3. The van der Waals surface area contributed by atoms with Crippen molar-refractivity contribution in [2.45, 2.75) is 13.5 Å². The molecule has 1 aromatic carbocycles. The third kappa shape index (κ3) is 1.75. The first kappa shape index (κ1) is 9.89. The maximum atomic E-state index is 5.69. The van der Waals surface area contributed by atoms with Crippen LogP contribution in [0.3, 0.4) is 0 Å². The van der Waals surface area contributed by atoms with Gasteiger partial charge in [-0.1, -0.05) is 0 Å². The number of aromatic nitrogens is 3. The monoisotopic (exact) mass is 228 g/mol. The molecular formula is C12H12N4O. The van der Waals surface area contributed by atoms with Gasteiger partial charge in [-0.3, -0.25) is 0 Å². The van der Waals surface area contributed by atoms with Crippen LogP contribution in [0, 0.1) is 6.92 Å². The van der Waals surface area contributed by atoms with Crippen molar-refractivity contribution in [2.24, 2.45) is 0 Å². The fourth-order valence-corrected chi connectivity index (χ4v) is 1.77. The second-order valence-corrected chi connectivity index (χ2v) is 3.94. The lowest BCUT2D eigenvalue weighted by Crippen LogP contribution is -2.00. The van der Waals surface area contributed by atoms with E-state index in [1.165, 1.54) is 0 Å². The highest BCUT2D eigenvalue weighted by Crippen LogP contribution is 2.19. The average molecular weight is 228 g/mol. The molecule has 0 aliphatic rings. The smallest absolute Gasteiger partial charge is 0.215 e. The molecule has 0 spiro atoms. The molecule has 17 heavy (non-hydrogen) atoms. The van der Waals surface area contributed by atoms with Crippen LogP contribution in [0.15, 0.2) is 35.0 Å². The number of imidazole rings is 1. The van der Waals surface area contributed by atoms with E-state index in [-0.39, 0.29) is 0 Å². The highest BCUT2D eigenvalue weighted by Gasteiger charge is 2.07. The molecule has 2 heterocycles. The van der Waals surface area contributed by atoms with Crippen LogP contribution in [-0.4, -0.2) is 14.5 Å². The Balaban J connectivity index is 1.99. The number of nitrogen functional groups attached to an aromatic ring is 1. The van der Waals surface area contributed by atoms with Crippen molar-refractivity contribution in [3.05, 3.63) is 42.3 Å². The van der Waals surface area contributed by atoms with Gasteiger partial charge in [-0.2, -0.15) is 0 Å². The molecule has 0 amide bonds. The lowest BCUT2D eigenvalue weighted by molar-refractivity contribution is 0.505. The van der Waals surface area contributed by atoms with Gasteiger partial charge < -0.3 is 14.7 Å². The van der Waals surface area contributed by atoms with Crippen molar-refractivity contribution in [2.75, 3.05) is 5.73 Å². The van der Waals surface area contributed by atoms with E-state index < -0.39 is 0 Å². The van der Waals surface area contributed by atoms with E-state index in [0.717, 1.165) is 16.9 Å². The number of hydrogen-bond donors (Lipinski definition) is 1. The summed E-state index contributed by atoms with van der Waals surface area (Å²) in [6.07, 6.45) is 3.66. The Morgan fingerprint density at radius 2 is 2.29 bits per heavy atom. The summed E-state index contributed by atoms with van der Waals surface area (Å²) < 4.78 is 7.62. The Morgan fingerprint density at radius 1 is 1.41 bits per heavy atom. The Kier molecular flexibility index (Phi) is 2.11. The zero-order valence-corrected chi connectivity index (χ0v) is 9.42. The second kappa shape index (κ2) is 3.62. The standard InChI is InChI=1S/C12H12N4O/c1-8-14-4-5-16(8)7-12-15-10-3-2-9(13)6-11(10)17-12/h2-6H,7,13H2,1H3. The normalized spacial score (nSPS) is 11.1. The first-order chi connectivity index (χ1) is 8.22. The SMILES string of the molecule is Cc1nccn1Cc1nc2ccc(N)cc2o1. The van der Waals surface area contributed by atoms with Crippen molar-refractivity contribution in [3.63, 3.8) is 0 Å². The minimum absolute atomic E-state index is 0.584. The molecule has 2 aromatic heterocycles. The number of oxazole rings is 1. The summed E-state index contributed by atoms with van der Waals surface area (Å²) in [6, 6.07) is 5.46. The molecule has 0 saturated carbocycles. The summed E-state index contributed by atoms with van der Waals surface area (Å²) in [6.45, 7) is 2.53. The van der Waals surface area contributed by atoms with Crippen molar-refractivity contribution in [1.82, 2.24) is 14.5 Å². The van der Waals surface area contributed by atoms with E-state index >= 15 is 0 Å². The van der Waals surface area contributed by atoms with Gasteiger partial charge >= 0.3 is 0 Å². The molecule has 0 atom stereocenters. The molecule has 0 fully saturated rings. The Bertz CT molecular complexity index is 668. The van der Waals surface area contributed by atoms with E-state index in [1.807, 2.05) is 29.8 Å². The minimum Gasteiger partial charge on any atom is -0.439 e. The van der Waals surface area contributed by atoms with E-state index in [1.54, 1.807) is 12.3 Å². The largest absolute Gasteiger partial charge is 0.439 e. The third-order valence-corrected chi connectivity index (χ3v) is 2.69. The quantitative estimate of drug-likeness (QED) is 0.681. The summed E-state index contributed by atoms with van der Waals surface area (Å²) in [7, 11) is 0. The number of nitrogens with two attached hydrogens (primary N) is 1. The summed E-state index contributed by atoms with van der Waals surface area (Å²) in [5.74, 6) is 1.60. The average Bonchev–Trinajstić information content (AvgIpc) is 2.85.